The van der Waals surface area contributed by atoms with E-state index in [1.807, 2.05) is 26.0 Å². The van der Waals surface area contributed by atoms with Crippen molar-refractivity contribution in [3.63, 3.8) is 0 Å². The van der Waals surface area contributed by atoms with Gasteiger partial charge >= 0.3 is 5.97 Å². The van der Waals surface area contributed by atoms with E-state index in [2.05, 4.69) is 5.32 Å². The summed E-state index contributed by atoms with van der Waals surface area (Å²) >= 11 is 0. The summed E-state index contributed by atoms with van der Waals surface area (Å²) in [6, 6.07) is 7.11. The van der Waals surface area contributed by atoms with Gasteiger partial charge < -0.3 is 10.4 Å². The van der Waals surface area contributed by atoms with E-state index in [1.165, 1.54) is 17.7 Å². The van der Waals surface area contributed by atoms with Gasteiger partial charge in [0.2, 0.25) is 0 Å². The SMILES string of the molecule is CCC(CC)(CNC1CCC(c2ccc(F)cc2)C1)C(=O)O. The summed E-state index contributed by atoms with van der Waals surface area (Å²) < 4.78 is 13.0. The Labute approximate surface area is 131 Å². The van der Waals surface area contributed by atoms with Crippen molar-refractivity contribution in [3.8, 4) is 0 Å². The molecule has 0 aliphatic heterocycles. The normalized spacial score (nSPS) is 22.0. The summed E-state index contributed by atoms with van der Waals surface area (Å²) in [6.45, 7) is 4.40. The molecule has 0 radical (unpaired) electrons. The summed E-state index contributed by atoms with van der Waals surface area (Å²) in [5.41, 5.74) is 0.523. The quantitative estimate of drug-likeness (QED) is 0.802. The molecule has 0 aromatic heterocycles. The minimum absolute atomic E-state index is 0.200. The lowest BCUT2D eigenvalue weighted by Gasteiger charge is -2.28. The largest absolute Gasteiger partial charge is 0.481 e. The number of halogens is 1. The first-order chi connectivity index (χ1) is 10.5. The minimum atomic E-state index is -0.710. The molecule has 0 bridgehead atoms. The van der Waals surface area contributed by atoms with E-state index in [9.17, 15) is 14.3 Å². The van der Waals surface area contributed by atoms with Crippen LogP contribution in [0.1, 0.15) is 57.4 Å². The Hall–Kier alpha value is -1.42. The molecule has 22 heavy (non-hydrogen) atoms. The van der Waals surface area contributed by atoms with Crippen LogP contribution in [0.4, 0.5) is 4.39 Å². The molecular formula is C18H26FNO2. The molecule has 2 N–H and O–H groups in total. The van der Waals surface area contributed by atoms with E-state index in [0.29, 0.717) is 31.3 Å². The third-order valence-corrected chi connectivity index (χ3v) is 5.31. The molecule has 122 valence electrons. The highest BCUT2D eigenvalue weighted by molar-refractivity contribution is 5.74. The van der Waals surface area contributed by atoms with Gasteiger partial charge in [-0.2, -0.15) is 0 Å². The van der Waals surface area contributed by atoms with Gasteiger partial charge in [0.1, 0.15) is 5.82 Å². The van der Waals surface area contributed by atoms with Gasteiger partial charge in [0.05, 0.1) is 5.41 Å². The molecule has 4 heteroatoms. The lowest BCUT2D eigenvalue weighted by Crippen LogP contribution is -2.43. The topological polar surface area (TPSA) is 49.3 Å². The van der Waals surface area contributed by atoms with Crippen molar-refractivity contribution in [3.05, 3.63) is 35.6 Å². The van der Waals surface area contributed by atoms with Crippen molar-refractivity contribution in [2.24, 2.45) is 5.41 Å². The van der Waals surface area contributed by atoms with Gasteiger partial charge in [-0.1, -0.05) is 26.0 Å². The Kier molecular flexibility index (Phi) is 5.57. The molecule has 2 rings (SSSR count). The fourth-order valence-corrected chi connectivity index (χ4v) is 3.42. The van der Waals surface area contributed by atoms with Crippen LogP contribution in [0.3, 0.4) is 0 Å². The summed E-state index contributed by atoms with van der Waals surface area (Å²) in [4.78, 5) is 11.5. The number of rotatable bonds is 7. The highest BCUT2D eigenvalue weighted by Gasteiger charge is 2.36. The van der Waals surface area contributed by atoms with Crippen LogP contribution in [0.5, 0.6) is 0 Å². The third-order valence-electron chi connectivity index (χ3n) is 5.31. The number of carboxylic acids is 1. The fraction of sp³-hybridized carbons (Fsp3) is 0.611. The third kappa shape index (κ3) is 3.67. The molecule has 0 saturated heterocycles. The fourth-order valence-electron chi connectivity index (χ4n) is 3.42. The maximum absolute atomic E-state index is 13.0. The standard InChI is InChI=1S/C18H26FNO2/c1-3-18(4-2,17(21)22)12-20-16-10-7-14(11-16)13-5-8-15(19)9-6-13/h5-6,8-9,14,16,20H,3-4,7,10-12H2,1-2H3,(H,21,22). The number of hydrogen-bond acceptors (Lipinski definition) is 2. The molecule has 1 aliphatic rings. The molecule has 1 aromatic carbocycles. The second-order valence-electron chi connectivity index (χ2n) is 6.43. The summed E-state index contributed by atoms with van der Waals surface area (Å²) in [5, 5.41) is 12.9. The Morgan fingerprint density at radius 3 is 2.45 bits per heavy atom. The van der Waals surface area contributed by atoms with Gasteiger partial charge in [0, 0.05) is 12.6 Å². The van der Waals surface area contributed by atoms with Crippen molar-refractivity contribution in [1.29, 1.82) is 0 Å². The van der Waals surface area contributed by atoms with E-state index in [-0.39, 0.29) is 5.82 Å². The average Bonchev–Trinajstić information content (AvgIpc) is 2.98. The molecule has 0 heterocycles. The van der Waals surface area contributed by atoms with Gasteiger partial charge in [0.25, 0.3) is 0 Å². The van der Waals surface area contributed by atoms with E-state index >= 15 is 0 Å². The zero-order chi connectivity index (χ0) is 16.2. The molecule has 1 fully saturated rings. The lowest BCUT2D eigenvalue weighted by atomic mass is 9.82. The van der Waals surface area contributed by atoms with Crippen molar-refractivity contribution in [2.45, 2.75) is 57.9 Å². The molecule has 0 amide bonds. The van der Waals surface area contributed by atoms with Crippen LogP contribution in [0.15, 0.2) is 24.3 Å². The number of aliphatic carboxylic acids is 1. The van der Waals surface area contributed by atoms with E-state index in [0.717, 1.165) is 19.3 Å². The molecule has 3 nitrogen and oxygen atoms in total. The van der Waals surface area contributed by atoms with Crippen LogP contribution in [0.2, 0.25) is 0 Å². The lowest BCUT2D eigenvalue weighted by molar-refractivity contribution is -0.149. The minimum Gasteiger partial charge on any atom is -0.481 e. The zero-order valence-corrected chi connectivity index (χ0v) is 13.4. The van der Waals surface area contributed by atoms with Gasteiger partial charge in [-0.15, -0.1) is 0 Å². The number of benzene rings is 1. The number of nitrogens with one attached hydrogen (secondary N) is 1. The Bertz CT molecular complexity index is 496. The Balaban J connectivity index is 1.91. The van der Waals surface area contributed by atoms with Crippen LogP contribution in [0, 0.1) is 11.2 Å². The van der Waals surface area contributed by atoms with Crippen LogP contribution in [-0.4, -0.2) is 23.7 Å². The van der Waals surface area contributed by atoms with Gasteiger partial charge in [-0.25, -0.2) is 4.39 Å². The van der Waals surface area contributed by atoms with Crippen molar-refractivity contribution in [2.75, 3.05) is 6.54 Å². The highest BCUT2D eigenvalue weighted by Crippen LogP contribution is 2.35. The monoisotopic (exact) mass is 307 g/mol. The first-order valence-corrected chi connectivity index (χ1v) is 8.23. The maximum Gasteiger partial charge on any atom is 0.310 e. The first-order valence-electron chi connectivity index (χ1n) is 8.23. The first kappa shape index (κ1) is 16.9. The second kappa shape index (κ2) is 7.23. The van der Waals surface area contributed by atoms with Crippen LogP contribution >= 0.6 is 0 Å². The Morgan fingerprint density at radius 1 is 1.27 bits per heavy atom. The second-order valence-corrected chi connectivity index (χ2v) is 6.43. The average molecular weight is 307 g/mol. The molecule has 0 spiro atoms. The zero-order valence-electron chi connectivity index (χ0n) is 13.4. The molecular weight excluding hydrogens is 281 g/mol. The number of carbonyl (C=O) groups is 1. The summed E-state index contributed by atoms with van der Waals surface area (Å²) in [5.74, 6) is -0.466. The van der Waals surface area contributed by atoms with Gasteiger partial charge in [-0.3, -0.25) is 4.79 Å². The van der Waals surface area contributed by atoms with E-state index in [4.69, 9.17) is 0 Å². The molecule has 2 unspecified atom stereocenters. The number of carboxylic acid groups (broad SMARTS) is 1. The van der Waals surface area contributed by atoms with E-state index in [1.54, 1.807) is 0 Å². The molecule has 2 atom stereocenters. The molecule has 1 saturated carbocycles. The van der Waals surface area contributed by atoms with Crippen molar-refractivity contribution in [1.82, 2.24) is 5.32 Å². The van der Waals surface area contributed by atoms with Crippen molar-refractivity contribution < 1.29 is 14.3 Å². The van der Waals surface area contributed by atoms with E-state index < -0.39 is 11.4 Å². The predicted molar refractivity (Wildman–Crippen MR) is 85.4 cm³/mol. The predicted octanol–water partition coefficient (Wildman–Crippen LogP) is 3.94. The van der Waals surface area contributed by atoms with Crippen LogP contribution < -0.4 is 5.32 Å². The Morgan fingerprint density at radius 2 is 1.91 bits per heavy atom. The van der Waals surface area contributed by atoms with Crippen LogP contribution in [0.25, 0.3) is 0 Å². The van der Waals surface area contributed by atoms with Crippen molar-refractivity contribution >= 4 is 5.97 Å². The molecule has 1 aromatic rings. The summed E-state index contributed by atoms with van der Waals surface area (Å²) in [6.07, 6.45) is 4.39. The van der Waals surface area contributed by atoms with Gasteiger partial charge in [0.15, 0.2) is 0 Å². The maximum atomic E-state index is 13.0. The highest BCUT2D eigenvalue weighted by atomic mass is 19.1. The van der Waals surface area contributed by atoms with Crippen LogP contribution in [-0.2, 0) is 4.79 Å². The summed E-state index contributed by atoms with van der Waals surface area (Å²) in [7, 11) is 0. The van der Waals surface area contributed by atoms with Gasteiger partial charge in [-0.05, 0) is 55.7 Å². The molecule has 1 aliphatic carbocycles. The smallest absolute Gasteiger partial charge is 0.310 e. The number of hydrogen-bond donors (Lipinski definition) is 2.